The van der Waals surface area contributed by atoms with Crippen LogP contribution in [0.5, 0.6) is 0 Å². The molecular weight excluding hydrogens is 662 g/mol. The van der Waals surface area contributed by atoms with E-state index in [0.29, 0.717) is 40.4 Å². The van der Waals surface area contributed by atoms with E-state index in [1.807, 2.05) is 12.1 Å². The number of anilines is 3. The average molecular weight is 698 g/mol. The molecule has 50 heavy (non-hydrogen) atoms. The fraction of sp³-hybridized carbons (Fsp3) is 0.257. The molecule has 5 N–H and O–H groups in total. The number of aryl methyl sites for hydroxylation is 2. The lowest BCUT2D eigenvalue weighted by Gasteiger charge is -2.29. The number of fused-ring (bicyclic) bond motifs is 1. The second-order valence-corrected chi connectivity index (χ2v) is 12.5. The van der Waals surface area contributed by atoms with E-state index in [1.165, 1.54) is 4.57 Å². The first-order valence-corrected chi connectivity index (χ1v) is 16.4. The van der Waals surface area contributed by atoms with Crippen molar-refractivity contribution in [3.05, 3.63) is 101 Å². The molecule has 5 aromatic rings. The zero-order valence-electron chi connectivity index (χ0n) is 27.4. The van der Waals surface area contributed by atoms with Crippen molar-refractivity contribution in [1.29, 1.82) is 0 Å². The highest BCUT2D eigenvalue weighted by Gasteiger charge is 2.20. The molecule has 2 aromatic carbocycles. The van der Waals surface area contributed by atoms with E-state index >= 15 is 0 Å². The van der Waals surface area contributed by atoms with Crippen LogP contribution in [-0.4, -0.2) is 85.0 Å². The van der Waals surface area contributed by atoms with Crippen molar-refractivity contribution in [3.63, 3.8) is 0 Å². The number of carbonyl (C=O) groups is 4. The molecule has 1 fully saturated rings. The summed E-state index contributed by atoms with van der Waals surface area (Å²) in [5, 5.41) is 22.8. The maximum absolute atomic E-state index is 13.1. The standard InChI is InChI=1S/C35H36ClN9O5/c1-43-19-24(40-33(48)28-17-26-22(18-38-28)4-3-5-27(26)36)16-29(43)34(49)39-23-8-6-21(7-9-23)32(47)42-30-20-44(2)31(41-30)35(50)37-12-15-45-13-10-25(46)11-14-45/h3-9,16-20,25,46H,10-15H2,1-2H3,(H,37,50)(H,39,49)(H,40,48)(H,42,47). The quantitative estimate of drug-likeness (QED) is 0.146. The lowest BCUT2D eigenvalue weighted by Crippen LogP contribution is -2.41. The second-order valence-electron chi connectivity index (χ2n) is 12.1. The highest BCUT2D eigenvalue weighted by atomic mass is 35.5. The number of hydrogen-bond donors (Lipinski definition) is 5. The number of pyridine rings is 1. The molecule has 1 aliphatic rings. The smallest absolute Gasteiger partial charge is 0.287 e. The van der Waals surface area contributed by atoms with E-state index in [0.717, 1.165) is 31.3 Å². The van der Waals surface area contributed by atoms with Gasteiger partial charge in [-0.1, -0.05) is 23.7 Å². The molecule has 0 radical (unpaired) electrons. The molecule has 0 aliphatic carbocycles. The first-order valence-electron chi connectivity index (χ1n) is 16.0. The lowest BCUT2D eigenvalue weighted by atomic mass is 10.1. The van der Waals surface area contributed by atoms with Gasteiger partial charge in [-0.2, -0.15) is 0 Å². The van der Waals surface area contributed by atoms with Crippen molar-refractivity contribution in [2.24, 2.45) is 14.1 Å². The minimum Gasteiger partial charge on any atom is -0.393 e. The number of piperidine rings is 1. The number of aliphatic hydroxyl groups excluding tert-OH is 1. The van der Waals surface area contributed by atoms with Crippen molar-refractivity contribution >= 4 is 63.2 Å². The zero-order chi connectivity index (χ0) is 35.4. The summed E-state index contributed by atoms with van der Waals surface area (Å²) in [5.74, 6) is -1.29. The summed E-state index contributed by atoms with van der Waals surface area (Å²) < 4.78 is 3.12. The maximum Gasteiger partial charge on any atom is 0.287 e. The lowest BCUT2D eigenvalue weighted by molar-refractivity contribution is 0.0801. The van der Waals surface area contributed by atoms with Crippen LogP contribution >= 0.6 is 11.6 Å². The van der Waals surface area contributed by atoms with Crippen LogP contribution in [0.4, 0.5) is 17.2 Å². The van der Waals surface area contributed by atoms with Crippen LogP contribution in [0.2, 0.25) is 5.02 Å². The molecule has 258 valence electrons. The Morgan fingerprint density at radius 3 is 2.36 bits per heavy atom. The van der Waals surface area contributed by atoms with E-state index in [2.05, 4.69) is 36.1 Å². The van der Waals surface area contributed by atoms with Gasteiger partial charge in [0.15, 0.2) is 5.82 Å². The minimum absolute atomic E-state index is 0.158. The van der Waals surface area contributed by atoms with E-state index in [4.69, 9.17) is 11.6 Å². The SMILES string of the molecule is Cn1cc(NC(=O)c2cc3c(Cl)cccc3cn2)cc1C(=O)Nc1ccc(C(=O)Nc2cn(C)c(C(=O)NCCN3CCC(O)CC3)n2)cc1. The van der Waals surface area contributed by atoms with Crippen LogP contribution in [0.3, 0.4) is 0 Å². The number of halogens is 1. The molecule has 4 heterocycles. The molecule has 0 saturated carbocycles. The molecule has 14 nitrogen and oxygen atoms in total. The summed E-state index contributed by atoms with van der Waals surface area (Å²) in [4.78, 5) is 62.3. The number of rotatable bonds is 10. The van der Waals surface area contributed by atoms with Gasteiger partial charge in [-0.05, 0) is 55.3 Å². The van der Waals surface area contributed by atoms with Crippen molar-refractivity contribution < 1.29 is 24.3 Å². The summed E-state index contributed by atoms with van der Waals surface area (Å²) in [5.41, 5.74) is 1.65. The van der Waals surface area contributed by atoms with Gasteiger partial charge in [-0.25, -0.2) is 4.98 Å². The Morgan fingerprint density at radius 1 is 0.860 bits per heavy atom. The highest BCUT2D eigenvalue weighted by Crippen LogP contribution is 2.24. The van der Waals surface area contributed by atoms with Gasteiger partial charge in [-0.15, -0.1) is 0 Å². The summed E-state index contributed by atoms with van der Waals surface area (Å²) in [6.45, 7) is 2.70. The first-order chi connectivity index (χ1) is 24.0. The molecule has 1 aliphatic heterocycles. The Morgan fingerprint density at radius 2 is 1.60 bits per heavy atom. The summed E-state index contributed by atoms with van der Waals surface area (Å²) in [7, 11) is 3.35. The molecule has 15 heteroatoms. The van der Waals surface area contributed by atoms with Crippen LogP contribution in [0, 0.1) is 0 Å². The van der Waals surface area contributed by atoms with Crippen LogP contribution in [0.15, 0.2) is 73.2 Å². The predicted octanol–water partition coefficient (Wildman–Crippen LogP) is 3.90. The van der Waals surface area contributed by atoms with Crippen molar-refractivity contribution in [2.45, 2.75) is 18.9 Å². The van der Waals surface area contributed by atoms with Crippen LogP contribution in [-0.2, 0) is 14.1 Å². The number of likely N-dealkylation sites (tertiary alicyclic amines) is 1. The number of nitrogens with zero attached hydrogens (tertiary/aromatic N) is 5. The number of benzene rings is 2. The van der Waals surface area contributed by atoms with Crippen LogP contribution < -0.4 is 21.3 Å². The van der Waals surface area contributed by atoms with E-state index in [-0.39, 0.29) is 35.0 Å². The van der Waals surface area contributed by atoms with Gasteiger partial charge in [-0.3, -0.25) is 24.2 Å². The molecule has 0 atom stereocenters. The van der Waals surface area contributed by atoms with Gasteiger partial charge in [0, 0.05) is 85.9 Å². The van der Waals surface area contributed by atoms with E-state index in [1.54, 1.807) is 79.7 Å². The number of nitrogens with one attached hydrogen (secondary N) is 4. The van der Waals surface area contributed by atoms with Gasteiger partial charge >= 0.3 is 0 Å². The average Bonchev–Trinajstić information content (AvgIpc) is 3.66. The molecule has 3 aromatic heterocycles. The van der Waals surface area contributed by atoms with Crippen LogP contribution in [0.1, 0.15) is 54.8 Å². The van der Waals surface area contributed by atoms with E-state index < -0.39 is 17.7 Å². The summed E-state index contributed by atoms with van der Waals surface area (Å²) >= 11 is 6.28. The fourth-order valence-corrected chi connectivity index (χ4v) is 5.92. The number of amides is 4. The fourth-order valence-electron chi connectivity index (χ4n) is 5.69. The number of hydrogen-bond acceptors (Lipinski definition) is 8. The topological polar surface area (TPSA) is 176 Å². The summed E-state index contributed by atoms with van der Waals surface area (Å²) in [6.07, 6.45) is 5.96. The molecule has 6 rings (SSSR count). The molecule has 0 unspecified atom stereocenters. The second kappa shape index (κ2) is 14.9. The third kappa shape index (κ3) is 8.00. The molecule has 4 amide bonds. The van der Waals surface area contributed by atoms with Gasteiger partial charge < -0.3 is 40.4 Å². The number of aliphatic hydroxyl groups is 1. The van der Waals surface area contributed by atoms with Gasteiger partial charge in [0.05, 0.1) is 11.8 Å². The first kappa shape index (κ1) is 34.3. The number of imidazole rings is 1. The van der Waals surface area contributed by atoms with Crippen molar-refractivity contribution in [2.75, 3.05) is 42.1 Å². The molecule has 0 bridgehead atoms. The Hall–Kier alpha value is -5.57. The number of carbonyl (C=O) groups excluding carboxylic acids is 4. The van der Waals surface area contributed by atoms with E-state index in [9.17, 15) is 24.3 Å². The Labute approximate surface area is 292 Å². The largest absolute Gasteiger partial charge is 0.393 e. The highest BCUT2D eigenvalue weighted by molar-refractivity contribution is 6.35. The summed E-state index contributed by atoms with van der Waals surface area (Å²) in [6, 6.07) is 14.9. The van der Waals surface area contributed by atoms with Gasteiger partial charge in [0.2, 0.25) is 5.82 Å². The minimum atomic E-state index is -0.450. The third-order valence-electron chi connectivity index (χ3n) is 8.44. The van der Waals surface area contributed by atoms with Crippen molar-refractivity contribution in [3.8, 4) is 0 Å². The molecular formula is C35H36ClN9O5. The van der Waals surface area contributed by atoms with Gasteiger partial charge in [0.25, 0.3) is 23.6 Å². The zero-order valence-corrected chi connectivity index (χ0v) is 28.2. The van der Waals surface area contributed by atoms with Crippen LogP contribution in [0.25, 0.3) is 10.8 Å². The Balaban J connectivity index is 1.01. The molecule has 1 saturated heterocycles. The molecule has 0 spiro atoms. The predicted molar refractivity (Wildman–Crippen MR) is 190 cm³/mol. The van der Waals surface area contributed by atoms with Crippen molar-refractivity contribution in [1.82, 2.24) is 29.3 Å². The Kier molecular flexibility index (Phi) is 10.2. The van der Waals surface area contributed by atoms with Gasteiger partial charge in [0.1, 0.15) is 11.4 Å². The monoisotopic (exact) mass is 697 g/mol. The normalized spacial score (nSPS) is 13.6. The Bertz CT molecular complexity index is 2070. The maximum atomic E-state index is 13.1. The number of aromatic nitrogens is 4. The third-order valence-corrected chi connectivity index (χ3v) is 8.76.